The quantitative estimate of drug-likeness (QED) is 0.422. The molecule has 0 aliphatic heterocycles. The highest BCUT2D eigenvalue weighted by molar-refractivity contribution is 6.07. The van der Waals surface area contributed by atoms with E-state index in [1.165, 1.54) is 0 Å². The minimum atomic E-state index is -0.216. The van der Waals surface area contributed by atoms with Gasteiger partial charge in [-0.1, -0.05) is 36.4 Å². The molecule has 0 radical (unpaired) electrons. The second-order valence-corrected chi connectivity index (χ2v) is 6.87. The highest BCUT2D eigenvalue weighted by Crippen LogP contribution is 2.40. The molecule has 0 saturated heterocycles. The minimum Gasteiger partial charge on any atom is -0.361 e. The van der Waals surface area contributed by atoms with Crippen LogP contribution in [0, 0.1) is 0 Å². The van der Waals surface area contributed by atoms with E-state index >= 15 is 0 Å². The Labute approximate surface area is 156 Å². The fraction of sp³-hybridized carbons (Fsp3) is 0.136. The Morgan fingerprint density at radius 2 is 1.89 bits per heavy atom. The number of hydrogen-bond acceptors (Lipinski definition) is 3. The van der Waals surface area contributed by atoms with Gasteiger partial charge >= 0.3 is 0 Å². The van der Waals surface area contributed by atoms with E-state index in [0.29, 0.717) is 11.5 Å². The topological polar surface area (TPSA) is 70.1 Å². The molecule has 2 heterocycles. The lowest BCUT2D eigenvalue weighted by Crippen LogP contribution is -2.18. The second kappa shape index (κ2) is 6.36. The molecule has 1 saturated carbocycles. The predicted octanol–water partition coefficient (Wildman–Crippen LogP) is 4.36. The van der Waals surface area contributed by atoms with Gasteiger partial charge in [0.1, 0.15) is 0 Å². The first-order valence-electron chi connectivity index (χ1n) is 9.09. The molecule has 0 bridgehead atoms. The van der Waals surface area contributed by atoms with E-state index in [2.05, 4.69) is 15.5 Å². The predicted molar refractivity (Wildman–Crippen MR) is 107 cm³/mol. The third-order valence-corrected chi connectivity index (χ3v) is 4.97. The summed E-state index contributed by atoms with van der Waals surface area (Å²) >= 11 is 0. The number of rotatable bonds is 4. The molecule has 0 atom stereocenters. The van der Waals surface area contributed by atoms with Gasteiger partial charge in [0.25, 0.3) is 5.91 Å². The molecule has 0 spiro atoms. The monoisotopic (exact) mass is 354 g/mol. The van der Waals surface area contributed by atoms with Crippen LogP contribution in [0.2, 0.25) is 0 Å². The summed E-state index contributed by atoms with van der Waals surface area (Å²) in [5.41, 5.74) is 7.12. The number of para-hydroxylation sites is 2. The molecule has 5 heteroatoms. The van der Waals surface area contributed by atoms with Gasteiger partial charge in [-0.05, 0) is 31.0 Å². The zero-order valence-electron chi connectivity index (χ0n) is 14.6. The highest BCUT2D eigenvalue weighted by Gasteiger charge is 2.26. The van der Waals surface area contributed by atoms with Gasteiger partial charge in [-0.25, -0.2) is 5.43 Å². The lowest BCUT2D eigenvalue weighted by molar-refractivity contribution is 0.0956. The van der Waals surface area contributed by atoms with Gasteiger partial charge in [0, 0.05) is 39.7 Å². The fourth-order valence-electron chi connectivity index (χ4n) is 3.39. The van der Waals surface area contributed by atoms with E-state index in [1.54, 1.807) is 6.21 Å². The summed E-state index contributed by atoms with van der Waals surface area (Å²) in [6, 6.07) is 17.7. The fourth-order valence-corrected chi connectivity index (χ4v) is 3.39. The third kappa shape index (κ3) is 2.97. The van der Waals surface area contributed by atoms with Gasteiger partial charge in [0.15, 0.2) is 0 Å². The zero-order valence-corrected chi connectivity index (χ0v) is 14.6. The first-order valence-corrected chi connectivity index (χ1v) is 9.09. The number of aromatic nitrogens is 2. The largest absolute Gasteiger partial charge is 0.361 e. The number of hydrazone groups is 1. The Balaban J connectivity index is 1.44. The number of pyridine rings is 1. The van der Waals surface area contributed by atoms with Crippen molar-refractivity contribution in [2.45, 2.75) is 18.8 Å². The Kier molecular flexibility index (Phi) is 3.71. The number of nitrogens with zero attached hydrogens (tertiary/aromatic N) is 2. The summed E-state index contributed by atoms with van der Waals surface area (Å²) in [7, 11) is 0. The molecule has 4 aromatic rings. The van der Waals surface area contributed by atoms with Crippen molar-refractivity contribution in [2.75, 3.05) is 0 Å². The smallest absolute Gasteiger partial charge is 0.272 e. The van der Waals surface area contributed by atoms with Crippen LogP contribution in [0.1, 0.15) is 40.4 Å². The molecule has 1 fully saturated rings. The molecular formula is C22H18N4O. The Bertz CT molecular complexity index is 1190. The van der Waals surface area contributed by atoms with Crippen LogP contribution in [0.5, 0.6) is 0 Å². The number of benzene rings is 2. The molecular weight excluding hydrogens is 336 g/mol. The van der Waals surface area contributed by atoms with Crippen molar-refractivity contribution >= 4 is 33.9 Å². The maximum Gasteiger partial charge on any atom is 0.272 e. The number of amides is 1. The summed E-state index contributed by atoms with van der Waals surface area (Å²) in [5, 5.41) is 6.09. The molecule has 2 N–H and O–H groups in total. The van der Waals surface area contributed by atoms with E-state index in [0.717, 1.165) is 45.9 Å². The first-order chi connectivity index (χ1) is 13.3. The number of H-pyrrole nitrogens is 1. The van der Waals surface area contributed by atoms with Gasteiger partial charge < -0.3 is 4.98 Å². The van der Waals surface area contributed by atoms with Crippen molar-refractivity contribution in [3.63, 3.8) is 0 Å². The Morgan fingerprint density at radius 1 is 1.11 bits per heavy atom. The normalized spacial score (nSPS) is 14.2. The Morgan fingerprint density at radius 3 is 2.74 bits per heavy atom. The number of hydrogen-bond donors (Lipinski definition) is 2. The van der Waals surface area contributed by atoms with E-state index in [4.69, 9.17) is 4.98 Å². The van der Waals surface area contributed by atoms with E-state index < -0.39 is 0 Å². The van der Waals surface area contributed by atoms with Crippen LogP contribution in [-0.4, -0.2) is 22.1 Å². The molecule has 1 aliphatic carbocycles. The van der Waals surface area contributed by atoms with Gasteiger partial charge in [-0.2, -0.15) is 5.10 Å². The molecule has 2 aromatic heterocycles. The second-order valence-electron chi connectivity index (χ2n) is 6.87. The standard InChI is InChI=1S/C22H18N4O/c27-22(26-24-13-15-12-23-19-7-3-1-5-16(15)19)18-11-21(14-9-10-14)25-20-8-4-2-6-17(18)20/h1-8,11-14,23H,9-10H2,(H,26,27)/b24-13+. The molecule has 1 aliphatic rings. The minimum absolute atomic E-state index is 0.216. The van der Waals surface area contributed by atoms with Crippen molar-refractivity contribution in [1.82, 2.24) is 15.4 Å². The zero-order chi connectivity index (χ0) is 18.2. The summed E-state index contributed by atoms with van der Waals surface area (Å²) in [5.74, 6) is 0.266. The van der Waals surface area contributed by atoms with Crippen molar-refractivity contribution in [3.8, 4) is 0 Å². The van der Waals surface area contributed by atoms with Crippen LogP contribution in [0.4, 0.5) is 0 Å². The molecule has 1 amide bonds. The van der Waals surface area contributed by atoms with Crippen molar-refractivity contribution in [3.05, 3.63) is 77.6 Å². The summed E-state index contributed by atoms with van der Waals surface area (Å²) in [4.78, 5) is 20.7. The van der Waals surface area contributed by atoms with Crippen molar-refractivity contribution < 1.29 is 4.79 Å². The number of nitrogens with one attached hydrogen (secondary N) is 2. The van der Waals surface area contributed by atoms with Gasteiger partial charge in [-0.15, -0.1) is 0 Å². The third-order valence-electron chi connectivity index (χ3n) is 4.97. The molecule has 0 unspecified atom stereocenters. The van der Waals surface area contributed by atoms with Crippen LogP contribution in [0.15, 0.2) is 65.9 Å². The average Bonchev–Trinajstić information content (AvgIpc) is 3.48. The number of carbonyl (C=O) groups excluding carboxylic acids is 1. The summed E-state index contributed by atoms with van der Waals surface area (Å²) in [6.45, 7) is 0. The molecule has 27 heavy (non-hydrogen) atoms. The lowest BCUT2D eigenvalue weighted by atomic mass is 10.1. The maximum atomic E-state index is 12.8. The first kappa shape index (κ1) is 15.8. The van der Waals surface area contributed by atoms with Crippen LogP contribution in [-0.2, 0) is 0 Å². The molecule has 2 aromatic carbocycles. The van der Waals surface area contributed by atoms with Crippen LogP contribution >= 0.6 is 0 Å². The molecule has 5 nitrogen and oxygen atoms in total. The highest BCUT2D eigenvalue weighted by atomic mass is 16.2. The van der Waals surface area contributed by atoms with Crippen LogP contribution in [0.3, 0.4) is 0 Å². The number of aromatic amines is 1. The summed E-state index contributed by atoms with van der Waals surface area (Å²) in [6.07, 6.45) is 5.84. The number of fused-ring (bicyclic) bond motifs is 2. The van der Waals surface area contributed by atoms with Crippen LogP contribution in [0.25, 0.3) is 21.8 Å². The summed E-state index contributed by atoms with van der Waals surface area (Å²) < 4.78 is 0. The number of carbonyl (C=O) groups is 1. The van der Waals surface area contributed by atoms with Crippen molar-refractivity contribution in [1.29, 1.82) is 0 Å². The maximum absolute atomic E-state index is 12.8. The van der Waals surface area contributed by atoms with E-state index in [9.17, 15) is 4.79 Å². The van der Waals surface area contributed by atoms with Crippen LogP contribution < -0.4 is 5.43 Å². The van der Waals surface area contributed by atoms with Crippen molar-refractivity contribution in [2.24, 2.45) is 5.10 Å². The van der Waals surface area contributed by atoms with E-state index in [1.807, 2.05) is 60.8 Å². The SMILES string of the molecule is O=C(N/N=C/c1c[nH]c2ccccc12)c1cc(C2CC2)nc2ccccc12. The molecule has 5 rings (SSSR count). The van der Waals surface area contributed by atoms with Gasteiger partial charge in [0.05, 0.1) is 17.3 Å². The Hall–Kier alpha value is -3.47. The lowest BCUT2D eigenvalue weighted by Gasteiger charge is -2.08. The molecule has 132 valence electrons. The van der Waals surface area contributed by atoms with Gasteiger partial charge in [-0.3, -0.25) is 9.78 Å². The van der Waals surface area contributed by atoms with E-state index in [-0.39, 0.29) is 5.91 Å². The van der Waals surface area contributed by atoms with Gasteiger partial charge in [0.2, 0.25) is 0 Å². The average molecular weight is 354 g/mol.